The third-order valence-electron chi connectivity index (χ3n) is 11.5. The summed E-state index contributed by atoms with van der Waals surface area (Å²) in [7, 11) is 0. The quantitative estimate of drug-likeness (QED) is 0.554. The van der Waals surface area contributed by atoms with Gasteiger partial charge in [-0.15, -0.1) is 0 Å². The number of Topliss-reactive ketones (excluding diaryl/α,β-unsaturated/α-hetero) is 1. The van der Waals surface area contributed by atoms with Crippen molar-refractivity contribution in [3.05, 3.63) is 48.1 Å². The second-order valence-electron chi connectivity index (χ2n) is 12.8. The molecule has 206 valence electrons. The van der Waals surface area contributed by atoms with Crippen molar-refractivity contribution in [1.29, 1.82) is 0 Å². The second kappa shape index (κ2) is 7.85. The fraction of sp³-hybridized carbons (Fsp3) is 0.567. The normalized spacial score (nSPS) is 44.6. The molecule has 9 atom stereocenters. The summed E-state index contributed by atoms with van der Waals surface area (Å²) in [6, 6.07) is 7.66. The highest BCUT2D eigenvalue weighted by atomic mass is 19.1. The smallest absolute Gasteiger partial charge is 0.203 e. The number of halogens is 2. The number of nitrogens with zero attached hydrogens (tertiary/aromatic N) is 2. The maximum Gasteiger partial charge on any atom is 0.203 e. The summed E-state index contributed by atoms with van der Waals surface area (Å²) in [5.41, 5.74) is -3.80. The van der Waals surface area contributed by atoms with Crippen molar-refractivity contribution in [3.8, 4) is 0 Å². The molecule has 0 spiro atoms. The van der Waals surface area contributed by atoms with Crippen molar-refractivity contribution in [2.45, 2.75) is 51.1 Å². The van der Waals surface area contributed by atoms with E-state index in [9.17, 15) is 19.8 Å². The number of aliphatic hydroxyl groups is 2. The number of H-pyrrole nitrogens is 1. The summed E-state index contributed by atoms with van der Waals surface area (Å²) >= 11 is 0. The number of alkyl halides is 2. The van der Waals surface area contributed by atoms with E-state index in [4.69, 9.17) is 4.98 Å². The monoisotopic (exact) mass is 537 g/mol. The van der Waals surface area contributed by atoms with Crippen LogP contribution in [0, 0.1) is 34.0 Å². The number of hydrogen-bond acceptors (Lipinski definition) is 6. The number of carbonyl (C=O) groups is 2. The van der Waals surface area contributed by atoms with Crippen LogP contribution in [0.4, 0.5) is 14.7 Å². The first-order valence-electron chi connectivity index (χ1n) is 13.8. The van der Waals surface area contributed by atoms with Crippen LogP contribution in [-0.2, 0) is 9.59 Å². The van der Waals surface area contributed by atoms with E-state index in [1.807, 2.05) is 36.1 Å². The van der Waals surface area contributed by atoms with Gasteiger partial charge in [0.05, 0.1) is 22.6 Å². The number of ketones is 2. The molecule has 7 rings (SSSR count). The van der Waals surface area contributed by atoms with Crippen LogP contribution in [-0.4, -0.2) is 69.4 Å². The van der Waals surface area contributed by atoms with E-state index in [1.165, 1.54) is 18.2 Å². The molecule has 1 aliphatic heterocycles. The minimum Gasteiger partial charge on any atom is -0.390 e. The van der Waals surface area contributed by atoms with Gasteiger partial charge in [-0.3, -0.25) is 9.59 Å². The summed E-state index contributed by atoms with van der Waals surface area (Å²) in [4.78, 5) is 35.9. The molecular formula is C30H33F2N3O4. The average molecular weight is 538 g/mol. The van der Waals surface area contributed by atoms with E-state index in [2.05, 4.69) is 4.98 Å². The largest absolute Gasteiger partial charge is 0.390 e. The molecule has 4 aliphatic carbocycles. The Morgan fingerprint density at radius 3 is 2.74 bits per heavy atom. The molecule has 4 fully saturated rings. The second-order valence-corrected chi connectivity index (χ2v) is 12.8. The molecule has 1 saturated heterocycles. The highest BCUT2D eigenvalue weighted by molar-refractivity contribution is 6.01. The maximum atomic E-state index is 17.5. The van der Waals surface area contributed by atoms with E-state index in [-0.39, 0.29) is 48.4 Å². The van der Waals surface area contributed by atoms with Crippen molar-refractivity contribution in [2.75, 3.05) is 24.6 Å². The molecule has 0 amide bonds. The molecule has 39 heavy (non-hydrogen) atoms. The molecule has 3 N–H and O–H groups in total. The minimum atomic E-state index is -2.19. The van der Waals surface area contributed by atoms with Crippen molar-refractivity contribution in [1.82, 2.24) is 9.97 Å². The molecule has 7 nitrogen and oxygen atoms in total. The molecule has 0 radical (unpaired) electrons. The highest BCUT2D eigenvalue weighted by Crippen LogP contribution is 2.74. The number of carbonyl (C=O) groups excluding carboxylic acids is 2. The lowest BCUT2D eigenvalue weighted by atomic mass is 9.43. The number of para-hydroxylation sites is 2. The van der Waals surface area contributed by atoms with Crippen LogP contribution in [0.15, 0.2) is 48.1 Å². The molecule has 3 saturated carbocycles. The molecule has 9 heteroatoms. The fourth-order valence-electron chi connectivity index (χ4n) is 9.67. The molecule has 0 unspecified atom stereocenters. The Balaban J connectivity index is 1.32. The number of aliphatic hydroxyl groups excluding tert-OH is 2. The molecule has 5 aliphatic rings. The summed E-state index contributed by atoms with van der Waals surface area (Å²) in [6.45, 7) is 3.61. The van der Waals surface area contributed by atoms with E-state index in [1.54, 1.807) is 6.92 Å². The SMILES string of the molecule is C[C@]12C=CC(=O)C=C1[C@@H](F)C[C@H]1[C@@H]3C[C@H]4CN(c5nc6ccccc6[nH]5)C[C@@]4(C(=O)CO)[C@@]3(C)C[C@H](O)[C@@]12F. The lowest BCUT2D eigenvalue weighted by molar-refractivity contribution is -0.210. The maximum absolute atomic E-state index is 17.5. The predicted molar refractivity (Wildman–Crippen MR) is 140 cm³/mol. The van der Waals surface area contributed by atoms with Crippen LogP contribution in [0.25, 0.3) is 11.0 Å². The fourth-order valence-corrected chi connectivity index (χ4v) is 9.67. The standard InChI is InChI=1S/C30H33F2N3O4/c1-27-8-7-17(37)10-20(27)21(31)11-19-18-9-16-13-35(26-33-22-5-3-4-6-23(22)34-26)15-29(16,25(39)14-36)28(18,2)12-24(38)30(19,27)32/h3-8,10,16,18-19,21,24,36,38H,9,11-15H2,1-2H3,(H,33,34)/t16-,18-,19-,21-,24-,27-,28-,29+,30-/m0/s1. The van der Waals surface area contributed by atoms with Gasteiger partial charge in [0, 0.05) is 24.4 Å². The Hall–Kier alpha value is -2.91. The van der Waals surface area contributed by atoms with Gasteiger partial charge in [-0.2, -0.15) is 0 Å². The Labute approximate surface area is 225 Å². The van der Waals surface area contributed by atoms with E-state index < -0.39 is 46.7 Å². The number of anilines is 1. The number of nitrogens with one attached hydrogen (secondary N) is 1. The van der Waals surface area contributed by atoms with Gasteiger partial charge in [-0.25, -0.2) is 13.8 Å². The first-order chi connectivity index (χ1) is 18.5. The summed E-state index contributed by atoms with van der Waals surface area (Å²) < 4.78 is 33.3. The summed E-state index contributed by atoms with van der Waals surface area (Å²) in [5.74, 6) is -1.52. The topological polar surface area (TPSA) is 107 Å². The van der Waals surface area contributed by atoms with Gasteiger partial charge < -0.3 is 20.1 Å². The lowest BCUT2D eigenvalue weighted by Crippen LogP contribution is -2.69. The highest BCUT2D eigenvalue weighted by Gasteiger charge is 2.78. The Morgan fingerprint density at radius 2 is 2.00 bits per heavy atom. The number of benzene rings is 1. The van der Waals surface area contributed by atoms with Gasteiger partial charge in [-0.1, -0.05) is 25.1 Å². The first kappa shape index (κ1) is 25.1. The zero-order chi connectivity index (χ0) is 27.5. The molecule has 1 aromatic carbocycles. The van der Waals surface area contributed by atoms with E-state index >= 15 is 8.78 Å². The van der Waals surface area contributed by atoms with Crippen LogP contribution in [0.1, 0.15) is 33.1 Å². The number of rotatable bonds is 3. The van der Waals surface area contributed by atoms with Gasteiger partial charge in [0.25, 0.3) is 0 Å². The van der Waals surface area contributed by atoms with Crippen LogP contribution in [0.5, 0.6) is 0 Å². The van der Waals surface area contributed by atoms with Crippen LogP contribution < -0.4 is 4.90 Å². The van der Waals surface area contributed by atoms with E-state index in [0.29, 0.717) is 18.9 Å². The number of allylic oxidation sites excluding steroid dienone is 4. The van der Waals surface area contributed by atoms with Crippen LogP contribution in [0.3, 0.4) is 0 Å². The third kappa shape index (κ3) is 2.85. The summed E-state index contributed by atoms with van der Waals surface area (Å²) in [5, 5.41) is 21.8. The van der Waals surface area contributed by atoms with E-state index in [0.717, 1.165) is 11.0 Å². The first-order valence-corrected chi connectivity index (χ1v) is 13.8. The number of imidazole rings is 1. The number of aromatic nitrogens is 2. The van der Waals surface area contributed by atoms with Gasteiger partial charge in [0.1, 0.15) is 12.8 Å². The van der Waals surface area contributed by atoms with Crippen molar-refractivity contribution >= 4 is 28.5 Å². The third-order valence-corrected chi connectivity index (χ3v) is 11.5. The van der Waals surface area contributed by atoms with Gasteiger partial charge >= 0.3 is 0 Å². The van der Waals surface area contributed by atoms with Crippen molar-refractivity contribution in [2.24, 2.45) is 34.0 Å². The lowest BCUT2D eigenvalue weighted by Gasteiger charge is -2.63. The minimum absolute atomic E-state index is 0.00247. The Kier molecular flexibility index (Phi) is 5.05. The van der Waals surface area contributed by atoms with Crippen LogP contribution in [0.2, 0.25) is 0 Å². The van der Waals surface area contributed by atoms with Crippen molar-refractivity contribution in [3.63, 3.8) is 0 Å². The van der Waals surface area contributed by atoms with Gasteiger partial charge in [-0.05, 0) is 73.3 Å². The Bertz CT molecular complexity index is 1440. The summed E-state index contributed by atoms with van der Waals surface area (Å²) in [6.07, 6.45) is 1.21. The number of hydrogen-bond donors (Lipinski definition) is 3. The predicted octanol–water partition coefficient (Wildman–Crippen LogP) is 3.48. The number of fused-ring (bicyclic) bond motifs is 8. The molecule has 0 bridgehead atoms. The van der Waals surface area contributed by atoms with Gasteiger partial charge in [0.2, 0.25) is 5.95 Å². The van der Waals surface area contributed by atoms with Gasteiger partial charge in [0.15, 0.2) is 17.2 Å². The zero-order valence-electron chi connectivity index (χ0n) is 22.0. The van der Waals surface area contributed by atoms with Crippen LogP contribution >= 0.6 is 0 Å². The molecule has 2 aromatic rings. The van der Waals surface area contributed by atoms with Crippen molar-refractivity contribution < 1.29 is 28.6 Å². The zero-order valence-corrected chi connectivity index (χ0v) is 22.0. The average Bonchev–Trinajstić information content (AvgIpc) is 3.57. The molecular weight excluding hydrogens is 504 g/mol. The molecule has 2 heterocycles. The molecule has 1 aromatic heterocycles. The Morgan fingerprint density at radius 1 is 1.23 bits per heavy atom. The number of aromatic amines is 1.